The number of nitrogens with zero attached hydrogens (tertiary/aromatic N) is 2. The van der Waals surface area contributed by atoms with Gasteiger partial charge in [-0.2, -0.15) is 5.10 Å². The minimum Gasteiger partial charge on any atom is -0.308 e. The van der Waals surface area contributed by atoms with E-state index >= 15 is 0 Å². The summed E-state index contributed by atoms with van der Waals surface area (Å²) in [4.78, 5) is 0. The molecule has 0 bridgehead atoms. The number of hydrogen-bond donors (Lipinski definition) is 1. The average Bonchev–Trinajstić information content (AvgIpc) is 2.82. The molecule has 3 atom stereocenters. The average molecular weight is 312 g/mol. The van der Waals surface area contributed by atoms with Gasteiger partial charge < -0.3 is 5.32 Å². The summed E-state index contributed by atoms with van der Waals surface area (Å²) in [5.41, 5.74) is 1.21. The van der Waals surface area contributed by atoms with Crippen LogP contribution in [0.3, 0.4) is 0 Å². The van der Waals surface area contributed by atoms with Gasteiger partial charge in [0.2, 0.25) is 0 Å². The SMILES string of the molecule is CCCNC(c1c(Cl)cnn1CCC)C1CCCC(C)C1. The highest BCUT2D eigenvalue weighted by molar-refractivity contribution is 6.31. The summed E-state index contributed by atoms with van der Waals surface area (Å²) in [6.45, 7) is 8.79. The first-order valence-electron chi connectivity index (χ1n) is 8.61. The summed E-state index contributed by atoms with van der Waals surface area (Å²) < 4.78 is 2.12. The molecule has 0 aliphatic heterocycles. The number of aryl methyl sites for hydroxylation is 1. The smallest absolute Gasteiger partial charge is 0.0834 e. The molecule has 1 aliphatic rings. The van der Waals surface area contributed by atoms with Gasteiger partial charge in [-0.1, -0.05) is 45.2 Å². The maximum atomic E-state index is 6.49. The zero-order valence-corrected chi connectivity index (χ0v) is 14.5. The lowest BCUT2D eigenvalue weighted by Crippen LogP contribution is -2.33. The quantitative estimate of drug-likeness (QED) is 0.783. The van der Waals surface area contributed by atoms with Crippen molar-refractivity contribution in [2.45, 2.75) is 71.9 Å². The molecule has 4 heteroatoms. The van der Waals surface area contributed by atoms with E-state index in [4.69, 9.17) is 11.6 Å². The van der Waals surface area contributed by atoms with Crippen molar-refractivity contribution in [2.24, 2.45) is 11.8 Å². The van der Waals surface area contributed by atoms with Gasteiger partial charge in [0.15, 0.2) is 0 Å². The van der Waals surface area contributed by atoms with Crippen molar-refractivity contribution < 1.29 is 0 Å². The van der Waals surface area contributed by atoms with Crippen LogP contribution in [-0.2, 0) is 6.54 Å². The normalized spacial score (nSPS) is 24.2. The monoisotopic (exact) mass is 311 g/mol. The van der Waals surface area contributed by atoms with Crippen molar-refractivity contribution in [2.75, 3.05) is 6.54 Å². The zero-order valence-electron chi connectivity index (χ0n) is 13.7. The van der Waals surface area contributed by atoms with Crippen LogP contribution in [0.25, 0.3) is 0 Å². The van der Waals surface area contributed by atoms with E-state index in [1.165, 1.54) is 31.4 Å². The van der Waals surface area contributed by atoms with Crippen molar-refractivity contribution >= 4 is 11.6 Å². The minimum absolute atomic E-state index is 0.356. The molecule has 0 radical (unpaired) electrons. The van der Waals surface area contributed by atoms with Gasteiger partial charge in [-0.05, 0) is 44.1 Å². The number of nitrogens with one attached hydrogen (secondary N) is 1. The van der Waals surface area contributed by atoms with E-state index in [2.05, 4.69) is 35.9 Å². The third-order valence-electron chi connectivity index (χ3n) is 4.63. The third kappa shape index (κ3) is 4.23. The molecule has 1 aromatic heterocycles. The molecule has 0 aromatic carbocycles. The van der Waals surface area contributed by atoms with E-state index in [9.17, 15) is 0 Å². The maximum Gasteiger partial charge on any atom is 0.0834 e. The highest BCUT2D eigenvalue weighted by atomic mass is 35.5. The lowest BCUT2D eigenvalue weighted by atomic mass is 9.77. The Morgan fingerprint density at radius 3 is 2.86 bits per heavy atom. The van der Waals surface area contributed by atoms with E-state index in [0.717, 1.165) is 36.9 Å². The topological polar surface area (TPSA) is 29.9 Å². The molecule has 0 spiro atoms. The Balaban J connectivity index is 2.24. The summed E-state index contributed by atoms with van der Waals surface area (Å²) in [7, 11) is 0. The first-order chi connectivity index (χ1) is 10.2. The number of hydrogen-bond acceptors (Lipinski definition) is 2. The van der Waals surface area contributed by atoms with Crippen molar-refractivity contribution in [1.29, 1.82) is 0 Å². The minimum atomic E-state index is 0.356. The van der Waals surface area contributed by atoms with Crippen LogP contribution in [0.15, 0.2) is 6.20 Å². The van der Waals surface area contributed by atoms with Crippen molar-refractivity contribution in [3.8, 4) is 0 Å². The molecule has 1 heterocycles. The van der Waals surface area contributed by atoms with Crippen LogP contribution in [0.2, 0.25) is 5.02 Å². The summed E-state index contributed by atoms with van der Waals surface area (Å²) >= 11 is 6.49. The zero-order chi connectivity index (χ0) is 15.2. The predicted octanol–water partition coefficient (Wildman–Crippen LogP) is 4.81. The second-order valence-electron chi connectivity index (χ2n) is 6.56. The van der Waals surface area contributed by atoms with Crippen LogP contribution in [0.5, 0.6) is 0 Å². The second kappa shape index (κ2) is 8.19. The van der Waals surface area contributed by atoms with Gasteiger partial charge >= 0.3 is 0 Å². The van der Waals surface area contributed by atoms with Crippen LogP contribution >= 0.6 is 11.6 Å². The van der Waals surface area contributed by atoms with E-state index in [1.807, 2.05) is 6.20 Å². The Morgan fingerprint density at radius 2 is 2.19 bits per heavy atom. The Bertz CT molecular complexity index is 430. The fraction of sp³-hybridized carbons (Fsp3) is 0.824. The van der Waals surface area contributed by atoms with E-state index in [0.29, 0.717) is 12.0 Å². The Hall–Kier alpha value is -0.540. The highest BCUT2D eigenvalue weighted by Gasteiger charge is 2.31. The van der Waals surface area contributed by atoms with Crippen LogP contribution < -0.4 is 5.32 Å². The first kappa shape index (κ1) is 16.8. The molecule has 0 saturated heterocycles. The van der Waals surface area contributed by atoms with Crippen LogP contribution in [-0.4, -0.2) is 16.3 Å². The first-order valence-corrected chi connectivity index (χ1v) is 8.99. The third-order valence-corrected chi connectivity index (χ3v) is 4.92. The lowest BCUT2D eigenvalue weighted by Gasteiger charge is -2.34. The molecule has 21 heavy (non-hydrogen) atoms. The standard InChI is InChI=1S/C17H30ClN3/c1-4-9-19-16(14-8-6-7-13(3)11-14)17-15(18)12-20-21(17)10-5-2/h12-14,16,19H,4-11H2,1-3H3. The Kier molecular flexibility index (Phi) is 6.56. The van der Waals surface area contributed by atoms with E-state index in [-0.39, 0.29) is 0 Å². The number of rotatable bonds is 7. The Morgan fingerprint density at radius 1 is 1.38 bits per heavy atom. The summed E-state index contributed by atoms with van der Waals surface area (Å²) in [6.07, 6.45) is 9.38. The van der Waals surface area contributed by atoms with E-state index < -0.39 is 0 Å². The molecule has 1 N–H and O–H groups in total. The fourth-order valence-corrected chi connectivity index (χ4v) is 3.90. The largest absolute Gasteiger partial charge is 0.308 e. The van der Waals surface area contributed by atoms with Crippen LogP contribution in [0.4, 0.5) is 0 Å². The molecule has 1 aliphatic carbocycles. The maximum absolute atomic E-state index is 6.49. The Labute approximate surface area is 134 Å². The molecular weight excluding hydrogens is 282 g/mol. The molecule has 3 unspecified atom stereocenters. The predicted molar refractivity (Wildman–Crippen MR) is 89.7 cm³/mol. The fourth-order valence-electron chi connectivity index (χ4n) is 3.64. The van der Waals surface area contributed by atoms with Crippen molar-refractivity contribution in [3.63, 3.8) is 0 Å². The molecular formula is C17H30ClN3. The molecule has 2 rings (SSSR count). The summed E-state index contributed by atoms with van der Waals surface area (Å²) in [5, 5.41) is 9.08. The van der Waals surface area contributed by atoms with Gasteiger partial charge in [0.25, 0.3) is 0 Å². The molecule has 0 amide bonds. The highest BCUT2D eigenvalue weighted by Crippen LogP contribution is 2.39. The molecule has 1 fully saturated rings. The summed E-state index contributed by atoms with van der Waals surface area (Å²) in [5.74, 6) is 1.51. The van der Waals surface area contributed by atoms with Gasteiger partial charge in [-0.25, -0.2) is 0 Å². The van der Waals surface area contributed by atoms with Crippen LogP contribution in [0, 0.1) is 11.8 Å². The molecule has 1 aromatic rings. The van der Waals surface area contributed by atoms with Gasteiger partial charge in [0, 0.05) is 6.54 Å². The van der Waals surface area contributed by atoms with Gasteiger partial charge in [-0.3, -0.25) is 4.68 Å². The number of halogens is 1. The van der Waals surface area contributed by atoms with Crippen LogP contribution in [0.1, 0.15) is 71.0 Å². The van der Waals surface area contributed by atoms with Crippen molar-refractivity contribution in [3.05, 3.63) is 16.9 Å². The number of aromatic nitrogens is 2. The molecule has 1 saturated carbocycles. The summed E-state index contributed by atoms with van der Waals surface area (Å²) in [6, 6.07) is 0.356. The lowest BCUT2D eigenvalue weighted by molar-refractivity contribution is 0.216. The van der Waals surface area contributed by atoms with Crippen molar-refractivity contribution in [1.82, 2.24) is 15.1 Å². The van der Waals surface area contributed by atoms with Gasteiger partial charge in [-0.15, -0.1) is 0 Å². The molecule has 120 valence electrons. The van der Waals surface area contributed by atoms with E-state index in [1.54, 1.807) is 0 Å². The molecule has 3 nitrogen and oxygen atoms in total. The second-order valence-corrected chi connectivity index (χ2v) is 6.97. The van der Waals surface area contributed by atoms with Gasteiger partial charge in [0.05, 0.1) is 23.0 Å². The van der Waals surface area contributed by atoms with Gasteiger partial charge in [0.1, 0.15) is 0 Å².